The number of anilines is 2. The number of carbonyl (C=O) groups excluding carboxylic acids is 1. The second kappa shape index (κ2) is 9.67. The first-order valence-electron chi connectivity index (χ1n) is 10.2. The Bertz CT molecular complexity index is 1500. The highest BCUT2D eigenvalue weighted by molar-refractivity contribution is 8.00. The van der Waals surface area contributed by atoms with E-state index in [1.807, 2.05) is 30.3 Å². The molecule has 0 unspecified atom stereocenters. The van der Waals surface area contributed by atoms with Crippen LogP contribution in [0.3, 0.4) is 0 Å². The standard InChI is InChI=1S/C23H21N5O4S2/c1-15(21(29)25-16-11-13-18(14-12-16)34(24,31)32)33-23-26-20-10-6-5-9-19(20)22(30)28(23)27-17-7-3-2-4-8-17/h2-15,27H,1H3,(H,25,29)(H2,24,31,32)/t15-/m0/s1. The van der Waals surface area contributed by atoms with Gasteiger partial charge in [0.25, 0.3) is 5.56 Å². The van der Waals surface area contributed by atoms with Crippen LogP contribution in [0, 0.1) is 0 Å². The smallest absolute Gasteiger partial charge is 0.280 e. The molecule has 0 saturated heterocycles. The molecule has 4 aromatic rings. The summed E-state index contributed by atoms with van der Waals surface area (Å²) in [5.74, 6) is -0.345. The van der Waals surface area contributed by atoms with Crippen molar-refractivity contribution in [3.05, 3.63) is 89.2 Å². The van der Waals surface area contributed by atoms with E-state index in [-0.39, 0.29) is 16.4 Å². The lowest BCUT2D eigenvalue weighted by atomic mass is 10.2. The normalized spacial score (nSPS) is 12.3. The zero-order chi connectivity index (χ0) is 24.3. The third kappa shape index (κ3) is 5.28. The van der Waals surface area contributed by atoms with Gasteiger partial charge >= 0.3 is 0 Å². The Labute approximate surface area is 200 Å². The molecule has 0 saturated carbocycles. The molecule has 0 radical (unpaired) electrons. The fourth-order valence-electron chi connectivity index (χ4n) is 3.12. The summed E-state index contributed by atoms with van der Waals surface area (Å²) in [6.07, 6.45) is 0. The number of amides is 1. The lowest BCUT2D eigenvalue weighted by Crippen LogP contribution is -2.31. The fourth-order valence-corrected chi connectivity index (χ4v) is 4.50. The highest BCUT2D eigenvalue weighted by Crippen LogP contribution is 2.24. The van der Waals surface area contributed by atoms with Crippen molar-refractivity contribution in [1.29, 1.82) is 0 Å². The van der Waals surface area contributed by atoms with Gasteiger partial charge < -0.3 is 5.32 Å². The largest absolute Gasteiger partial charge is 0.325 e. The van der Waals surface area contributed by atoms with Gasteiger partial charge in [0.2, 0.25) is 15.9 Å². The minimum atomic E-state index is -3.82. The molecule has 34 heavy (non-hydrogen) atoms. The summed E-state index contributed by atoms with van der Waals surface area (Å²) in [6.45, 7) is 1.69. The summed E-state index contributed by atoms with van der Waals surface area (Å²) < 4.78 is 24.1. The number of carbonyl (C=O) groups is 1. The number of primary sulfonamides is 1. The van der Waals surface area contributed by atoms with Crippen LogP contribution < -0.4 is 21.4 Å². The van der Waals surface area contributed by atoms with Gasteiger partial charge in [0.1, 0.15) is 0 Å². The monoisotopic (exact) mass is 495 g/mol. The van der Waals surface area contributed by atoms with Crippen LogP contribution in [-0.2, 0) is 14.8 Å². The first-order chi connectivity index (χ1) is 16.2. The third-order valence-corrected chi connectivity index (χ3v) is 6.84. The Morgan fingerprint density at radius 3 is 2.29 bits per heavy atom. The van der Waals surface area contributed by atoms with Gasteiger partial charge in [-0.25, -0.2) is 18.5 Å². The first-order valence-corrected chi connectivity index (χ1v) is 12.6. The zero-order valence-corrected chi connectivity index (χ0v) is 19.6. The molecule has 1 amide bonds. The molecule has 4 rings (SSSR count). The number of nitrogens with zero attached hydrogens (tertiary/aromatic N) is 2. The number of rotatable bonds is 7. The van der Waals surface area contributed by atoms with Crippen LogP contribution in [0.1, 0.15) is 6.92 Å². The van der Waals surface area contributed by atoms with Gasteiger partial charge in [-0.1, -0.05) is 42.1 Å². The summed E-state index contributed by atoms with van der Waals surface area (Å²) in [5, 5.41) is 7.97. The van der Waals surface area contributed by atoms with Crippen molar-refractivity contribution in [3.8, 4) is 0 Å². The van der Waals surface area contributed by atoms with Gasteiger partial charge in [0.05, 0.1) is 26.7 Å². The third-order valence-electron chi connectivity index (χ3n) is 4.86. The molecule has 4 N–H and O–H groups in total. The summed E-state index contributed by atoms with van der Waals surface area (Å²) >= 11 is 1.11. The van der Waals surface area contributed by atoms with E-state index < -0.39 is 15.3 Å². The number of nitrogens with two attached hydrogens (primary N) is 1. The maximum Gasteiger partial charge on any atom is 0.280 e. The quantitative estimate of drug-likeness (QED) is 0.265. The molecule has 0 fully saturated rings. The van der Waals surface area contributed by atoms with E-state index in [9.17, 15) is 18.0 Å². The summed E-state index contributed by atoms with van der Waals surface area (Å²) in [7, 11) is -3.82. The van der Waals surface area contributed by atoms with Gasteiger partial charge in [0.15, 0.2) is 5.16 Å². The minimum Gasteiger partial charge on any atom is -0.325 e. The Hall–Kier alpha value is -3.67. The summed E-state index contributed by atoms with van der Waals surface area (Å²) in [6, 6.07) is 21.7. The molecule has 0 aliphatic heterocycles. The minimum absolute atomic E-state index is 0.0516. The zero-order valence-electron chi connectivity index (χ0n) is 18.0. The first kappa shape index (κ1) is 23.5. The topological polar surface area (TPSA) is 136 Å². The number of aromatic nitrogens is 2. The number of hydrogen-bond donors (Lipinski definition) is 3. The highest BCUT2D eigenvalue weighted by Gasteiger charge is 2.20. The molecule has 11 heteroatoms. The Balaban J connectivity index is 1.60. The number of hydrogen-bond acceptors (Lipinski definition) is 7. The lowest BCUT2D eigenvalue weighted by molar-refractivity contribution is -0.115. The van der Waals surface area contributed by atoms with Crippen molar-refractivity contribution in [2.75, 3.05) is 10.7 Å². The summed E-state index contributed by atoms with van der Waals surface area (Å²) in [4.78, 5) is 30.6. The Morgan fingerprint density at radius 2 is 1.62 bits per heavy atom. The predicted molar refractivity (Wildman–Crippen MR) is 133 cm³/mol. The molecule has 9 nitrogen and oxygen atoms in total. The lowest BCUT2D eigenvalue weighted by Gasteiger charge is -2.17. The average Bonchev–Trinajstić information content (AvgIpc) is 2.82. The van der Waals surface area contributed by atoms with E-state index in [1.54, 1.807) is 31.2 Å². The number of thioether (sulfide) groups is 1. The Morgan fingerprint density at radius 1 is 0.971 bits per heavy atom. The number of fused-ring (bicyclic) bond motifs is 1. The Kier molecular flexibility index (Phi) is 6.68. The van der Waals surface area contributed by atoms with E-state index in [4.69, 9.17) is 5.14 Å². The molecule has 1 aromatic heterocycles. The fraction of sp³-hybridized carbons (Fsp3) is 0.0870. The maximum atomic E-state index is 13.2. The number of benzene rings is 3. The van der Waals surface area contributed by atoms with Crippen LogP contribution in [0.25, 0.3) is 10.9 Å². The van der Waals surface area contributed by atoms with E-state index >= 15 is 0 Å². The molecular formula is C23H21N5O4S2. The van der Waals surface area contributed by atoms with Gasteiger partial charge in [0, 0.05) is 5.69 Å². The van der Waals surface area contributed by atoms with Crippen molar-refractivity contribution in [2.45, 2.75) is 22.2 Å². The number of sulfonamides is 1. The maximum absolute atomic E-state index is 13.2. The second-order valence-electron chi connectivity index (χ2n) is 7.35. The predicted octanol–water partition coefficient (Wildman–Crippen LogP) is 3.04. The van der Waals surface area contributed by atoms with Crippen molar-refractivity contribution in [3.63, 3.8) is 0 Å². The molecule has 0 spiro atoms. The van der Waals surface area contributed by atoms with E-state index in [0.717, 1.165) is 11.8 Å². The molecule has 0 aliphatic carbocycles. The van der Waals surface area contributed by atoms with Crippen LogP contribution in [0.2, 0.25) is 0 Å². The molecule has 0 bridgehead atoms. The van der Waals surface area contributed by atoms with Crippen molar-refractivity contribution < 1.29 is 13.2 Å². The average molecular weight is 496 g/mol. The van der Waals surface area contributed by atoms with E-state index in [2.05, 4.69) is 15.7 Å². The van der Waals surface area contributed by atoms with Crippen molar-refractivity contribution >= 4 is 50.0 Å². The van der Waals surface area contributed by atoms with Gasteiger partial charge in [-0.2, -0.15) is 4.68 Å². The van der Waals surface area contributed by atoms with Crippen molar-refractivity contribution in [1.82, 2.24) is 9.66 Å². The SMILES string of the molecule is C[C@H](Sc1nc2ccccc2c(=O)n1Nc1ccccc1)C(=O)Nc1ccc(S(N)(=O)=O)cc1. The van der Waals surface area contributed by atoms with Crippen LogP contribution in [0.15, 0.2) is 93.7 Å². The summed E-state index contributed by atoms with van der Waals surface area (Å²) in [5.41, 5.74) is 4.40. The van der Waals surface area contributed by atoms with Crippen LogP contribution in [0.5, 0.6) is 0 Å². The second-order valence-corrected chi connectivity index (χ2v) is 10.2. The molecule has 3 aromatic carbocycles. The molecular weight excluding hydrogens is 474 g/mol. The number of para-hydroxylation sites is 2. The molecule has 1 atom stereocenters. The van der Waals surface area contributed by atoms with Crippen LogP contribution in [0.4, 0.5) is 11.4 Å². The van der Waals surface area contributed by atoms with Gasteiger partial charge in [-0.05, 0) is 55.5 Å². The van der Waals surface area contributed by atoms with Crippen LogP contribution >= 0.6 is 11.8 Å². The molecule has 1 heterocycles. The molecule has 0 aliphatic rings. The van der Waals surface area contributed by atoms with Crippen molar-refractivity contribution in [2.24, 2.45) is 5.14 Å². The highest BCUT2D eigenvalue weighted by atomic mass is 32.2. The van der Waals surface area contributed by atoms with E-state index in [0.29, 0.717) is 27.4 Å². The van der Waals surface area contributed by atoms with Gasteiger partial charge in [-0.3, -0.25) is 15.0 Å². The molecule has 174 valence electrons. The van der Waals surface area contributed by atoms with Crippen LogP contribution in [-0.4, -0.2) is 29.2 Å². The number of nitrogens with one attached hydrogen (secondary N) is 2. The van der Waals surface area contributed by atoms with E-state index in [1.165, 1.54) is 28.9 Å². The van der Waals surface area contributed by atoms with Gasteiger partial charge in [-0.15, -0.1) is 0 Å².